The van der Waals surface area contributed by atoms with E-state index < -0.39 is 0 Å². The van der Waals surface area contributed by atoms with Crippen molar-refractivity contribution in [1.29, 1.82) is 0 Å². The van der Waals surface area contributed by atoms with Crippen LogP contribution in [0.4, 0.5) is 0 Å². The fraction of sp³-hybridized carbons (Fsp3) is 0.250. The maximum atomic E-state index is 11.6. The van der Waals surface area contributed by atoms with E-state index in [9.17, 15) is 4.79 Å². The molecule has 1 heterocycles. The Bertz CT molecular complexity index is 545. The number of ether oxygens (including phenoxy) is 1. The summed E-state index contributed by atoms with van der Waals surface area (Å²) in [5, 5.41) is 1.08. The maximum absolute atomic E-state index is 11.6. The number of thiophene rings is 1. The minimum atomic E-state index is -0.237. The van der Waals surface area contributed by atoms with Crippen molar-refractivity contribution in [2.45, 2.75) is 13.8 Å². The third-order valence-corrected chi connectivity index (χ3v) is 3.97. The molecule has 0 saturated heterocycles. The van der Waals surface area contributed by atoms with Crippen molar-refractivity contribution in [3.8, 4) is 0 Å². The number of aryl methyl sites for hydroxylation is 1. The van der Waals surface area contributed by atoms with E-state index in [0.29, 0.717) is 11.5 Å². The summed E-state index contributed by atoms with van der Waals surface area (Å²) >= 11 is 4.93. The summed E-state index contributed by atoms with van der Waals surface area (Å²) in [5.74, 6) is -0.237. The summed E-state index contributed by atoms with van der Waals surface area (Å²) in [6.07, 6.45) is 0. The first-order valence-corrected chi connectivity index (χ1v) is 6.59. The van der Waals surface area contributed by atoms with Crippen LogP contribution in [0.3, 0.4) is 0 Å². The Morgan fingerprint density at radius 1 is 1.44 bits per heavy atom. The SMILES string of the molecule is CCOC(=O)c1cc2cc(Br)cc(C)c2s1. The highest BCUT2D eigenvalue weighted by Crippen LogP contribution is 2.31. The Balaban J connectivity index is 2.51. The number of hydrogen-bond donors (Lipinski definition) is 0. The minimum Gasteiger partial charge on any atom is -0.462 e. The molecular weight excluding hydrogens is 288 g/mol. The molecule has 84 valence electrons. The van der Waals surface area contributed by atoms with Gasteiger partial charge in [-0.3, -0.25) is 0 Å². The zero-order chi connectivity index (χ0) is 11.7. The smallest absolute Gasteiger partial charge is 0.348 e. The van der Waals surface area contributed by atoms with E-state index in [0.717, 1.165) is 14.6 Å². The van der Waals surface area contributed by atoms with Gasteiger partial charge in [0.2, 0.25) is 0 Å². The summed E-state index contributed by atoms with van der Waals surface area (Å²) < 4.78 is 7.17. The van der Waals surface area contributed by atoms with Gasteiger partial charge in [0.25, 0.3) is 0 Å². The summed E-state index contributed by atoms with van der Waals surface area (Å²) in [6, 6.07) is 5.95. The third kappa shape index (κ3) is 2.13. The fourth-order valence-electron chi connectivity index (χ4n) is 1.59. The number of benzene rings is 1. The lowest BCUT2D eigenvalue weighted by molar-refractivity contribution is 0.0532. The number of esters is 1. The molecule has 2 aromatic rings. The van der Waals surface area contributed by atoms with Crippen molar-refractivity contribution in [3.05, 3.63) is 33.1 Å². The number of fused-ring (bicyclic) bond motifs is 1. The second-order valence-corrected chi connectivity index (χ2v) is 5.44. The van der Waals surface area contributed by atoms with Gasteiger partial charge < -0.3 is 4.74 Å². The summed E-state index contributed by atoms with van der Waals surface area (Å²) in [6.45, 7) is 4.27. The Kier molecular flexibility index (Phi) is 3.30. The molecular formula is C12H11BrO2S. The first kappa shape index (κ1) is 11.6. The van der Waals surface area contributed by atoms with Gasteiger partial charge in [0.15, 0.2) is 0 Å². The molecule has 0 aliphatic rings. The fourth-order valence-corrected chi connectivity index (χ4v) is 3.18. The topological polar surface area (TPSA) is 26.3 Å². The number of rotatable bonds is 2. The highest BCUT2D eigenvalue weighted by Gasteiger charge is 2.12. The second-order valence-electron chi connectivity index (χ2n) is 3.47. The lowest BCUT2D eigenvalue weighted by Crippen LogP contribution is -2.01. The molecule has 4 heteroatoms. The van der Waals surface area contributed by atoms with Gasteiger partial charge in [-0.25, -0.2) is 4.79 Å². The van der Waals surface area contributed by atoms with E-state index >= 15 is 0 Å². The van der Waals surface area contributed by atoms with Gasteiger partial charge in [0, 0.05) is 9.17 Å². The number of halogens is 1. The average Bonchev–Trinajstić information content (AvgIpc) is 2.62. The molecule has 0 aliphatic carbocycles. The summed E-state index contributed by atoms with van der Waals surface area (Å²) in [5.41, 5.74) is 1.17. The Morgan fingerprint density at radius 2 is 2.19 bits per heavy atom. The molecule has 0 atom stereocenters. The minimum absolute atomic E-state index is 0.237. The predicted molar refractivity (Wildman–Crippen MR) is 70.2 cm³/mol. The van der Waals surface area contributed by atoms with Crippen molar-refractivity contribution >= 4 is 43.3 Å². The molecule has 1 aromatic carbocycles. The van der Waals surface area contributed by atoms with Gasteiger partial charge in [-0.1, -0.05) is 15.9 Å². The van der Waals surface area contributed by atoms with Crippen LogP contribution in [0.5, 0.6) is 0 Å². The van der Waals surface area contributed by atoms with Gasteiger partial charge >= 0.3 is 5.97 Å². The van der Waals surface area contributed by atoms with Crippen LogP contribution in [0.25, 0.3) is 10.1 Å². The first-order valence-electron chi connectivity index (χ1n) is 4.98. The number of hydrogen-bond acceptors (Lipinski definition) is 3. The lowest BCUT2D eigenvalue weighted by atomic mass is 10.2. The Morgan fingerprint density at radius 3 is 2.88 bits per heavy atom. The standard InChI is InChI=1S/C12H11BrO2S/c1-3-15-12(14)10-6-8-5-9(13)4-7(2)11(8)16-10/h4-6H,3H2,1-2H3. The maximum Gasteiger partial charge on any atom is 0.348 e. The molecule has 0 radical (unpaired) electrons. The van der Waals surface area contributed by atoms with Crippen molar-refractivity contribution in [2.24, 2.45) is 0 Å². The van der Waals surface area contributed by atoms with E-state index in [1.54, 1.807) is 0 Å². The van der Waals surface area contributed by atoms with E-state index in [4.69, 9.17) is 4.74 Å². The van der Waals surface area contributed by atoms with E-state index in [1.807, 2.05) is 32.0 Å². The van der Waals surface area contributed by atoms with Crippen LogP contribution in [0.15, 0.2) is 22.7 Å². The quantitative estimate of drug-likeness (QED) is 0.779. The summed E-state index contributed by atoms with van der Waals surface area (Å²) in [7, 11) is 0. The largest absolute Gasteiger partial charge is 0.462 e. The van der Waals surface area contributed by atoms with E-state index in [2.05, 4.69) is 15.9 Å². The zero-order valence-corrected chi connectivity index (χ0v) is 11.4. The molecule has 0 aliphatic heterocycles. The number of carbonyl (C=O) groups is 1. The highest BCUT2D eigenvalue weighted by atomic mass is 79.9. The van der Waals surface area contributed by atoms with Crippen molar-refractivity contribution < 1.29 is 9.53 Å². The molecule has 16 heavy (non-hydrogen) atoms. The Hall–Kier alpha value is -0.870. The molecule has 0 amide bonds. The molecule has 0 spiro atoms. The third-order valence-electron chi connectivity index (χ3n) is 2.24. The van der Waals surface area contributed by atoms with Crippen LogP contribution in [-0.2, 0) is 4.74 Å². The van der Waals surface area contributed by atoms with Gasteiger partial charge in [-0.15, -0.1) is 11.3 Å². The van der Waals surface area contributed by atoms with Gasteiger partial charge in [0.1, 0.15) is 4.88 Å². The Labute approximate surface area is 106 Å². The second kappa shape index (κ2) is 4.55. The van der Waals surface area contributed by atoms with Gasteiger partial charge in [-0.05, 0) is 43.0 Å². The van der Waals surface area contributed by atoms with Crippen LogP contribution in [0, 0.1) is 6.92 Å². The molecule has 2 nitrogen and oxygen atoms in total. The van der Waals surface area contributed by atoms with Crippen LogP contribution in [0.2, 0.25) is 0 Å². The lowest BCUT2D eigenvalue weighted by Gasteiger charge is -1.96. The molecule has 0 N–H and O–H groups in total. The molecule has 0 bridgehead atoms. The molecule has 1 aromatic heterocycles. The monoisotopic (exact) mass is 298 g/mol. The first-order chi connectivity index (χ1) is 7.61. The van der Waals surface area contributed by atoms with Crippen molar-refractivity contribution in [1.82, 2.24) is 0 Å². The molecule has 0 unspecified atom stereocenters. The molecule has 2 rings (SSSR count). The van der Waals surface area contributed by atoms with Crippen LogP contribution in [0.1, 0.15) is 22.2 Å². The van der Waals surface area contributed by atoms with Gasteiger partial charge in [-0.2, -0.15) is 0 Å². The average molecular weight is 299 g/mol. The van der Waals surface area contributed by atoms with E-state index in [-0.39, 0.29) is 5.97 Å². The van der Waals surface area contributed by atoms with E-state index in [1.165, 1.54) is 16.9 Å². The normalized spacial score (nSPS) is 10.7. The summed E-state index contributed by atoms with van der Waals surface area (Å²) in [4.78, 5) is 12.3. The zero-order valence-electron chi connectivity index (χ0n) is 9.04. The van der Waals surface area contributed by atoms with Crippen LogP contribution >= 0.6 is 27.3 Å². The van der Waals surface area contributed by atoms with Gasteiger partial charge in [0.05, 0.1) is 6.61 Å². The van der Waals surface area contributed by atoms with Crippen molar-refractivity contribution in [2.75, 3.05) is 6.61 Å². The molecule has 0 fully saturated rings. The molecule has 0 saturated carbocycles. The predicted octanol–water partition coefficient (Wildman–Crippen LogP) is 4.15. The van der Waals surface area contributed by atoms with Crippen LogP contribution < -0.4 is 0 Å². The highest BCUT2D eigenvalue weighted by molar-refractivity contribution is 9.10. The van der Waals surface area contributed by atoms with Crippen molar-refractivity contribution in [3.63, 3.8) is 0 Å². The number of carbonyl (C=O) groups excluding carboxylic acids is 1. The van der Waals surface area contributed by atoms with Crippen LogP contribution in [-0.4, -0.2) is 12.6 Å².